The number of rotatable bonds is 12. The molecule has 0 fully saturated rings. The molecule has 3 aromatic rings. The van der Waals surface area contributed by atoms with Crippen LogP contribution < -0.4 is 25.0 Å². The molecule has 0 aliphatic carbocycles. The Morgan fingerprint density at radius 1 is 1.02 bits per heavy atom. The Bertz CT molecular complexity index is 1400. The van der Waals surface area contributed by atoms with Crippen molar-refractivity contribution in [3.8, 4) is 11.5 Å². The van der Waals surface area contributed by atoms with Crippen molar-refractivity contribution in [3.05, 3.63) is 64.9 Å². The van der Waals surface area contributed by atoms with Gasteiger partial charge in [0.15, 0.2) is 17.3 Å². The number of carbonyl (C=O) groups is 3. The molecule has 0 aliphatic heterocycles. The smallest absolute Gasteiger partial charge is 0.248 e. The molecule has 2 aromatic carbocycles. The van der Waals surface area contributed by atoms with E-state index in [9.17, 15) is 14.4 Å². The van der Waals surface area contributed by atoms with Gasteiger partial charge in [-0.15, -0.1) is 0 Å². The lowest BCUT2D eigenvalue weighted by atomic mass is 9.96. The normalized spacial score (nSPS) is 11.9. The highest BCUT2D eigenvalue weighted by atomic mass is 16.5. The van der Waals surface area contributed by atoms with Gasteiger partial charge in [-0.05, 0) is 64.3 Å². The van der Waals surface area contributed by atoms with Gasteiger partial charge < -0.3 is 24.6 Å². The lowest BCUT2D eigenvalue weighted by Crippen LogP contribution is -2.50. The summed E-state index contributed by atoms with van der Waals surface area (Å²) in [6.45, 7) is 11.4. The second-order valence-corrected chi connectivity index (χ2v) is 10.6. The summed E-state index contributed by atoms with van der Waals surface area (Å²) in [6, 6.07) is 11.3. The summed E-state index contributed by atoms with van der Waals surface area (Å²) < 4.78 is 16.2. The fraction of sp³-hybridized carbons (Fsp3) is 0.419. The standard InChI is InChI=1S/C31H40N4O6/c1-9-31(5,6)33-30(38)28(22-13-11-15-24(39-7)29(22)40-8)35(23-14-10-12-19(2)21(23)4)27(37)17-16-26(36)32-25-18-20(3)41-34-25/h10-15,18,28H,9,16-17H2,1-8H3,(H,33,38)(H,32,34,36)/t28-/m0/s1. The third kappa shape index (κ3) is 7.45. The lowest BCUT2D eigenvalue weighted by Gasteiger charge is -2.36. The zero-order valence-electron chi connectivity index (χ0n) is 25.1. The Kier molecular flexibility index (Phi) is 10.2. The Morgan fingerprint density at radius 3 is 2.34 bits per heavy atom. The third-order valence-electron chi connectivity index (χ3n) is 7.15. The first-order valence-electron chi connectivity index (χ1n) is 13.6. The minimum absolute atomic E-state index is 0.129. The molecule has 0 unspecified atom stereocenters. The van der Waals surface area contributed by atoms with E-state index in [1.165, 1.54) is 19.1 Å². The fourth-order valence-corrected chi connectivity index (χ4v) is 4.40. The molecular formula is C31H40N4O6. The maximum Gasteiger partial charge on any atom is 0.248 e. The van der Waals surface area contributed by atoms with E-state index in [0.717, 1.165) is 11.1 Å². The average molecular weight is 565 g/mol. The van der Waals surface area contributed by atoms with Crippen molar-refractivity contribution in [2.24, 2.45) is 0 Å². The van der Waals surface area contributed by atoms with Crippen LogP contribution in [0.15, 0.2) is 47.0 Å². The summed E-state index contributed by atoms with van der Waals surface area (Å²) in [5.41, 5.74) is 2.24. The highest BCUT2D eigenvalue weighted by molar-refractivity contribution is 6.04. The number of aromatic nitrogens is 1. The summed E-state index contributed by atoms with van der Waals surface area (Å²) in [5.74, 6) is 0.379. The van der Waals surface area contributed by atoms with Gasteiger partial charge in [-0.25, -0.2) is 0 Å². The number of carbonyl (C=O) groups excluding carboxylic acids is 3. The molecule has 0 spiro atoms. The molecule has 0 aliphatic rings. The highest BCUT2D eigenvalue weighted by Crippen LogP contribution is 2.40. The van der Waals surface area contributed by atoms with Crippen LogP contribution in [0.4, 0.5) is 11.5 Å². The number of methoxy groups -OCH3 is 2. The van der Waals surface area contributed by atoms with Crippen LogP contribution in [0.2, 0.25) is 0 Å². The maximum atomic E-state index is 14.2. The van der Waals surface area contributed by atoms with E-state index in [0.29, 0.717) is 34.9 Å². The summed E-state index contributed by atoms with van der Waals surface area (Å²) >= 11 is 0. The molecule has 0 radical (unpaired) electrons. The van der Waals surface area contributed by atoms with Crippen molar-refractivity contribution >= 4 is 29.2 Å². The van der Waals surface area contributed by atoms with E-state index in [1.807, 2.05) is 46.8 Å². The molecule has 1 atom stereocenters. The molecule has 3 rings (SSSR count). The van der Waals surface area contributed by atoms with Crippen LogP contribution in [0, 0.1) is 20.8 Å². The number of nitrogens with zero attached hydrogens (tertiary/aromatic N) is 2. The van der Waals surface area contributed by atoms with E-state index in [-0.39, 0.29) is 24.6 Å². The monoisotopic (exact) mass is 564 g/mol. The first kappa shape index (κ1) is 31.2. The number of hydrogen-bond donors (Lipinski definition) is 2. The van der Waals surface area contributed by atoms with Gasteiger partial charge in [-0.3, -0.25) is 19.3 Å². The zero-order valence-corrected chi connectivity index (χ0v) is 25.1. The van der Waals surface area contributed by atoms with Crippen molar-refractivity contribution in [1.82, 2.24) is 10.5 Å². The zero-order chi connectivity index (χ0) is 30.3. The van der Waals surface area contributed by atoms with Gasteiger partial charge in [0, 0.05) is 35.7 Å². The van der Waals surface area contributed by atoms with Gasteiger partial charge >= 0.3 is 0 Å². The molecule has 41 heavy (non-hydrogen) atoms. The predicted octanol–water partition coefficient (Wildman–Crippen LogP) is 5.42. The highest BCUT2D eigenvalue weighted by Gasteiger charge is 2.38. The molecule has 1 heterocycles. The van der Waals surface area contributed by atoms with Gasteiger partial charge in [-0.2, -0.15) is 0 Å². The van der Waals surface area contributed by atoms with Crippen LogP contribution in [-0.2, 0) is 14.4 Å². The molecule has 0 saturated heterocycles. The minimum atomic E-state index is -1.12. The quantitative estimate of drug-likeness (QED) is 0.301. The summed E-state index contributed by atoms with van der Waals surface area (Å²) in [7, 11) is 3.01. The molecule has 10 nitrogen and oxygen atoms in total. The van der Waals surface area contributed by atoms with Crippen LogP contribution in [-0.4, -0.2) is 42.6 Å². The lowest BCUT2D eigenvalue weighted by molar-refractivity contribution is -0.128. The molecular weight excluding hydrogens is 524 g/mol. The molecule has 220 valence electrons. The number of ether oxygens (including phenoxy) is 2. The van der Waals surface area contributed by atoms with Gasteiger partial charge in [0.1, 0.15) is 11.8 Å². The third-order valence-corrected chi connectivity index (χ3v) is 7.15. The number of aryl methyl sites for hydroxylation is 2. The Labute approximate surface area is 241 Å². The van der Waals surface area contributed by atoms with Crippen molar-refractivity contribution < 1.29 is 28.4 Å². The van der Waals surface area contributed by atoms with Crippen LogP contribution in [0.25, 0.3) is 0 Å². The fourth-order valence-electron chi connectivity index (χ4n) is 4.40. The van der Waals surface area contributed by atoms with Gasteiger partial charge in [0.2, 0.25) is 17.7 Å². The number of benzene rings is 2. The molecule has 0 bridgehead atoms. The molecule has 1 aromatic heterocycles. The number of nitrogens with one attached hydrogen (secondary N) is 2. The molecule has 0 saturated carbocycles. The van der Waals surface area contributed by atoms with E-state index in [2.05, 4.69) is 15.8 Å². The number of amides is 3. The summed E-state index contributed by atoms with van der Waals surface area (Å²) in [4.78, 5) is 42.5. The second-order valence-electron chi connectivity index (χ2n) is 10.6. The number of hydrogen-bond acceptors (Lipinski definition) is 7. The molecule has 3 amide bonds. The van der Waals surface area contributed by atoms with Crippen LogP contribution >= 0.6 is 0 Å². The topological polar surface area (TPSA) is 123 Å². The summed E-state index contributed by atoms with van der Waals surface area (Å²) in [6.07, 6.45) is 0.374. The number of anilines is 2. The Hall–Kier alpha value is -4.34. The van der Waals surface area contributed by atoms with Gasteiger partial charge in [0.25, 0.3) is 0 Å². The summed E-state index contributed by atoms with van der Waals surface area (Å²) in [5, 5.41) is 9.52. The average Bonchev–Trinajstić information content (AvgIpc) is 3.35. The van der Waals surface area contributed by atoms with Crippen LogP contribution in [0.3, 0.4) is 0 Å². The van der Waals surface area contributed by atoms with E-state index >= 15 is 0 Å². The van der Waals surface area contributed by atoms with E-state index in [4.69, 9.17) is 14.0 Å². The van der Waals surface area contributed by atoms with Crippen LogP contribution in [0.5, 0.6) is 11.5 Å². The largest absolute Gasteiger partial charge is 0.493 e. The Morgan fingerprint density at radius 2 is 1.73 bits per heavy atom. The van der Waals surface area contributed by atoms with Crippen LogP contribution in [0.1, 0.15) is 68.5 Å². The van der Waals surface area contributed by atoms with Gasteiger partial charge in [-0.1, -0.05) is 36.3 Å². The van der Waals surface area contributed by atoms with Crippen molar-refractivity contribution in [1.29, 1.82) is 0 Å². The van der Waals surface area contributed by atoms with Crippen molar-refractivity contribution in [2.75, 3.05) is 24.4 Å². The predicted molar refractivity (Wildman–Crippen MR) is 157 cm³/mol. The van der Waals surface area contributed by atoms with E-state index in [1.54, 1.807) is 37.3 Å². The van der Waals surface area contributed by atoms with E-state index < -0.39 is 23.4 Å². The van der Waals surface area contributed by atoms with Crippen molar-refractivity contribution in [3.63, 3.8) is 0 Å². The Balaban J connectivity index is 2.12. The molecule has 10 heteroatoms. The van der Waals surface area contributed by atoms with Gasteiger partial charge in [0.05, 0.1) is 14.2 Å². The SMILES string of the molecule is CCC(C)(C)NC(=O)[C@H](c1cccc(OC)c1OC)N(C(=O)CCC(=O)Nc1cc(C)on1)c1cccc(C)c1C. The molecule has 2 N–H and O–H groups in total. The second kappa shape index (κ2) is 13.3. The minimum Gasteiger partial charge on any atom is -0.493 e. The maximum absolute atomic E-state index is 14.2. The number of para-hydroxylation sites is 1. The first-order chi connectivity index (χ1) is 19.4. The first-order valence-corrected chi connectivity index (χ1v) is 13.6. The van der Waals surface area contributed by atoms with Crippen molar-refractivity contribution in [2.45, 2.75) is 72.4 Å².